The van der Waals surface area contributed by atoms with Crippen LogP contribution in [0.3, 0.4) is 0 Å². The van der Waals surface area contributed by atoms with Gasteiger partial charge < -0.3 is 18.8 Å². The van der Waals surface area contributed by atoms with E-state index in [1.807, 2.05) is 74.5 Å². The van der Waals surface area contributed by atoms with E-state index in [0.717, 1.165) is 29.5 Å². The molecule has 0 spiro atoms. The first kappa shape index (κ1) is 25.6. The molecule has 0 fully saturated rings. The molecule has 4 aromatic rings. The molecule has 0 aliphatic carbocycles. The summed E-state index contributed by atoms with van der Waals surface area (Å²) in [5.41, 5.74) is 3.49. The van der Waals surface area contributed by atoms with Crippen molar-refractivity contribution in [1.82, 2.24) is 4.90 Å². The smallest absolute Gasteiger partial charge is 0.290 e. The number of carbonyl (C=O) groups is 1. The minimum Gasteiger partial charge on any atom is -0.490 e. The second-order valence-electron chi connectivity index (χ2n) is 9.65. The summed E-state index contributed by atoms with van der Waals surface area (Å²) < 4.78 is 18.0. The van der Waals surface area contributed by atoms with Gasteiger partial charge in [-0.2, -0.15) is 0 Å². The zero-order chi connectivity index (χ0) is 26.6. The van der Waals surface area contributed by atoms with Crippen molar-refractivity contribution in [3.8, 4) is 11.5 Å². The van der Waals surface area contributed by atoms with Gasteiger partial charge in [0.05, 0.1) is 30.2 Å². The summed E-state index contributed by atoms with van der Waals surface area (Å²) in [6.45, 7) is 7.48. The standard InChI is InChI=1S/C32H33NO5/c1-4-6-18-37-26-15-13-23(20-27(26)36-5-2)29-28-30(34)24-19-21(3)12-14-25(24)38-31(28)32(35)33(29)17-16-22-10-8-7-9-11-22/h7-15,19-20,29H,4-6,16-18H2,1-3H3. The summed E-state index contributed by atoms with van der Waals surface area (Å²) in [5.74, 6) is 1.10. The summed E-state index contributed by atoms with van der Waals surface area (Å²) in [4.78, 5) is 29.4. The lowest BCUT2D eigenvalue weighted by atomic mass is 9.97. The van der Waals surface area contributed by atoms with Crippen molar-refractivity contribution in [1.29, 1.82) is 0 Å². The Balaban J connectivity index is 1.62. The molecule has 1 amide bonds. The lowest BCUT2D eigenvalue weighted by Crippen LogP contribution is -2.31. The monoisotopic (exact) mass is 511 g/mol. The second kappa shape index (κ2) is 11.1. The van der Waals surface area contributed by atoms with Gasteiger partial charge in [-0.3, -0.25) is 9.59 Å². The Morgan fingerprint density at radius 1 is 0.921 bits per heavy atom. The van der Waals surface area contributed by atoms with Crippen molar-refractivity contribution in [2.75, 3.05) is 19.8 Å². The largest absolute Gasteiger partial charge is 0.490 e. The molecule has 6 nitrogen and oxygen atoms in total. The number of aryl methyl sites for hydroxylation is 1. The molecule has 0 saturated heterocycles. The highest BCUT2D eigenvalue weighted by molar-refractivity contribution is 5.99. The molecule has 38 heavy (non-hydrogen) atoms. The van der Waals surface area contributed by atoms with Crippen molar-refractivity contribution in [3.63, 3.8) is 0 Å². The minimum absolute atomic E-state index is 0.116. The number of ether oxygens (including phenoxy) is 2. The van der Waals surface area contributed by atoms with Crippen molar-refractivity contribution in [2.45, 2.75) is 46.1 Å². The van der Waals surface area contributed by atoms with Crippen LogP contribution in [0.15, 0.2) is 75.9 Å². The predicted octanol–water partition coefficient (Wildman–Crippen LogP) is 6.47. The van der Waals surface area contributed by atoms with Gasteiger partial charge >= 0.3 is 0 Å². The number of hydrogen-bond acceptors (Lipinski definition) is 5. The highest BCUT2D eigenvalue weighted by Gasteiger charge is 2.42. The zero-order valence-electron chi connectivity index (χ0n) is 22.2. The van der Waals surface area contributed by atoms with Crippen LogP contribution in [-0.4, -0.2) is 30.6 Å². The van der Waals surface area contributed by atoms with Gasteiger partial charge in [-0.25, -0.2) is 0 Å². The second-order valence-corrected chi connectivity index (χ2v) is 9.65. The molecule has 0 bridgehead atoms. The maximum absolute atomic E-state index is 13.9. The normalized spacial score (nSPS) is 14.7. The Labute approximate surface area is 222 Å². The highest BCUT2D eigenvalue weighted by Crippen LogP contribution is 2.41. The topological polar surface area (TPSA) is 69.0 Å². The SMILES string of the molecule is CCCCOc1ccc(C2c3c(oc4ccc(C)cc4c3=O)C(=O)N2CCc2ccccc2)cc1OCC. The number of nitrogens with zero attached hydrogens (tertiary/aromatic N) is 1. The number of rotatable bonds is 10. The van der Waals surface area contributed by atoms with E-state index in [0.29, 0.717) is 54.2 Å². The predicted molar refractivity (Wildman–Crippen MR) is 148 cm³/mol. The molecule has 1 aliphatic heterocycles. The molecule has 0 N–H and O–H groups in total. The van der Waals surface area contributed by atoms with Crippen molar-refractivity contribution in [3.05, 3.63) is 105 Å². The third-order valence-electron chi connectivity index (χ3n) is 6.94. The van der Waals surface area contributed by atoms with Crippen LogP contribution in [-0.2, 0) is 6.42 Å². The first-order valence-electron chi connectivity index (χ1n) is 13.3. The lowest BCUT2D eigenvalue weighted by molar-refractivity contribution is 0.0729. The van der Waals surface area contributed by atoms with E-state index in [-0.39, 0.29) is 17.1 Å². The molecule has 1 unspecified atom stereocenters. The van der Waals surface area contributed by atoms with E-state index in [1.54, 1.807) is 11.0 Å². The van der Waals surface area contributed by atoms with Gasteiger partial charge in [0, 0.05) is 6.54 Å². The Kier molecular flexibility index (Phi) is 7.50. The first-order valence-corrected chi connectivity index (χ1v) is 13.3. The zero-order valence-corrected chi connectivity index (χ0v) is 22.2. The van der Waals surface area contributed by atoms with Crippen LogP contribution in [0.2, 0.25) is 0 Å². The molecule has 3 aromatic carbocycles. The highest BCUT2D eigenvalue weighted by atomic mass is 16.5. The summed E-state index contributed by atoms with van der Waals surface area (Å²) in [6, 6.07) is 20.6. The summed E-state index contributed by atoms with van der Waals surface area (Å²) in [6.07, 6.45) is 2.63. The van der Waals surface area contributed by atoms with Crippen LogP contribution < -0.4 is 14.9 Å². The minimum atomic E-state index is -0.591. The average Bonchev–Trinajstić information content (AvgIpc) is 3.21. The van der Waals surface area contributed by atoms with Crippen LogP contribution in [0.1, 0.15) is 65.5 Å². The fourth-order valence-electron chi connectivity index (χ4n) is 5.01. The van der Waals surface area contributed by atoms with E-state index in [9.17, 15) is 9.59 Å². The van der Waals surface area contributed by atoms with Gasteiger partial charge in [0.2, 0.25) is 5.76 Å². The maximum Gasteiger partial charge on any atom is 0.290 e. The summed E-state index contributed by atoms with van der Waals surface area (Å²) in [5, 5.41) is 0.482. The molecule has 6 heteroatoms. The quantitative estimate of drug-likeness (QED) is 0.228. The molecule has 2 heterocycles. The van der Waals surface area contributed by atoms with Crippen molar-refractivity contribution in [2.24, 2.45) is 0 Å². The molecular weight excluding hydrogens is 478 g/mol. The van der Waals surface area contributed by atoms with Gasteiger partial charge in [0.25, 0.3) is 5.91 Å². The van der Waals surface area contributed by atoms with Gasteiger partial charge in [-0.05, 0) is 62.1 Å². The molecule has 1 aliphatic rings. The Bertz CT molecular complexity index is 1510. The van der Waals surface area contributed by atoms with E-state index in [1.165, 1.54) is 0 Å². The molecule has 1 aromatic heterocycles. The first-order chi connectivity index (χ1) is 18.5. The average molecular weight is 512 g/mol. The molecular formula is C32H33NO5. The molecule has 1 atom stereocenters. The van der Waals surface area contributed by atoms with Gasteiger partial charge in [-0.1, -0.05) is 61.4 Å². The number of carbonyl (C=O) groups excluding carboxylic acids is 1. The van der Waals surface area contributed by atoms with Crippen LogP contribution in [0, 0.1) is 6.92 Å². The number of unbranched alkanes of at least 4 members (excludes halogenated alkanes) is 1. The van der Waals surface area contributed by atoms with E-state index >= 15 is 0 Å². The van der Waals surface area contributed by atoms with Gasteiger partial charge in [0.15, 0.2) is 16.9 Å². The fraction of sp³-hybridized carbons (Fsp3) is 0.312. The summed E-state index contributed by atoms with van der Waals surface area (Å²) >= 11 is 0. The third-order valence-corrected chi connectivity index (χ3v) is 6.94. The van der Waals surface area contributed by atoms with Gasteiger partial charge in [-0.15, -0.1) is 0 Å². The van der Waals surface area contributed by atoms with E-state index in [4.69, 9.17) is 13.9 Å². The third kappa shape index (κ3) is 4.91. The van der Waals surface area contributed by atoms with Crippen LogP contribution in [0.25, 0.3) is 11.0 Å². The van der Waals surface area contributed by atoms with Crippen LogP contribution >= 0.6 is 0 Å². The van der Waals surface area contributed by atoms with E-state index < -0.39 is 6.04 Å². The molecule has 196 valence electrons. The van der Waals surface area contributed by atoms with Gasteiger partial charge in [0.1, 0.15) is 5.58 Å². The number of amides is 1. The Morgan fingerprint density at radius 2 is 1.74 bits per heavy atom. The summed E-state index contributed by atoms with van der Waals surface area (Å²) in [7, 11) is 0. The molecule has 0 radical (unpaired) electrons. The lowest BCUT2D eigenvalue weighted by Gasteiger charge is -2.26. The van der Waals surface area contributed by atoms with Crippen LogP contribution in [0.4, 0.5) is 0 Å². The van der Waals surface area contributed by atoms with Crippen molar-refractivity contribution >= 4 is 16.9 Å². The number of benzene rings is 3. The maximum atomic E-state index is 13.9. The van der Waals surface area contributed by atoms with E-state index in [2.05, 4.69) is 6.92 Å². The van der Waals surface area contributed by atoms with Crippen LogP contribution in [0.5, 0.6) is 11.5 Å². The fourth-order valence-corrected chi connectivity index (χ4v) is 5.01. The molecule has 0 saturated carbocycles. The number of fused-ring (bicyclic) bond motifs is 2. The Morgan fingerprint density at radius 3 is 2.50 bits per heavy atom. The molecule has 5 rings (SSSR count). The Hall–Kier alpha value is -4.06. The van der Waals surface area contributed by atoms with Crippen molar-refractivity contribution < 1.29 is 18.7 Å². The number of hydrogen-bond donors (Lipinski definition) is 0.